The molecule has 2 aliphatic rings. The molecule has 3 heterocycles. The van der Waals surface area contributed by atoms with Crippen LogP contribution < -0.4 is 0 Å². The molecule has 2 aromatic heterocycles. The summed E-state index contributed by atoms with van der Waals surface area (Å²) in [4.78, 5) is 18.2. The van der Waals surface area contributed by atoms with Crippen molar-refractivity contribution in [2.24, 2.45) is 0 Å². The van der Waals surface area contributed by atoms with Gasteiger partial charge in [0.25, 0.3) is 0 Å². The maximum absolute atomic E-state index is 12.9. The minimum absolute atomic E-state index is 0.162. The van der Waals surface area contributed by atoms with E-state index in [-0.39, 0.29) is 12.0 Å². The maximum Gasteiger partial charge on any atom is 0.233 e. The molecular formula is C24H31N5O2S. The number of ether oxygens (including phenoxy) is 1. The summed E-state index contributed by atoms with van der Waals surface area (Å²) in [6, 6.07) is 8.60. The zero-order valence-corrected chi connectivity index (χ0v) is 19.4. The fourth-order valence-corrected chi connectivity index (χ4v) is 5.78. The number of hydrogen-bond donors (Lipinski definition) is 1. The van der Waals surface area contributed by atoms with Gasteiger partial charge in [0.15, 0.2) is 11.0 Å². The van der Waals surface area contributed by atoms with E-state index in [1.807, 2.05) is 30.3 Å². The van der Waals surface area contributed by atoms with Crippen LogP contribution in [0.5, 0.6) is 0 Å². The van der Waals surface area contributed by atoms with E-state index in [4.69, 9.17) is 4.74 Å². The predicted molar refractivity (Wildman–Crippen MR) is 127 cm³/mol. The molecule has 0 unspecified atom stereocenters. The van der Waals surface area contributed by atoms with Crippen LogP contribution in [0, 0.1) is 0 Å². The topological polar surface area (TPSA) is 76.0 Å². The van der Waals surface area contributed by atoms with Crippen molar-refractivity contribution in [2.75, 3.05) is 19.4 Å². The van der Waals surface area contributed by atoms with E-state index in [0.29, 0.717) is 18.3 Å². The van der Waals surface area contributed by atoms with Crippen molar-refractivity contribution in [2.45, 2.75) is 68.8 Å². The lowest BCUT2D eigenvalue weighted by molar-refractivity contribution is -0.129. The van der Waals surface area contributed by atoms with Crippen molar-refractivity contribution in [3.8, 4) is 11.4 Å². The third-order valence-electron chi connectivity index (χ3n) is 6.80. The highest BCUT2D eigenvalue weighted by atomic mass is 32.2. The Labute approximate surface area is 192 Å². The number of nitrogens with one attached hydrogen (secondary N) is 1. The van der Waals surface area contributed by atoms with Crippen LogP contribution in [-0.2, 0) is 16.1 Å². The number of hydrogen-bond acceptors (Lipinski definition) is 5. The molecule has 7 nitrogen and oxygen atoms in total. The van der Waals surface area contributed by atoms with Crippen LogP contribution in [0.3, 0.4) is 0 Å². The smallest absolute Gasteiger partial charge is 0.233 e. The Kier molecular flexibility index (Phi) is 6.50. The van der Waals surface area contributed by atoms with Gasteiger partial charge in [-0.15, -0.1) is 10.2 Å². The highest BCUT2D eigenvalue weighted by Crippen LogP contribution is 2.31. The normalized spacial score (nSPS) is 19.6. The predicted octanol–water partition coefficient (Wildman–Crippen LogP) is 4.49. The van der Waals surface area contributed by atoms with Gasteiger partial charge < -0.3 is 14.6 Å². The van der Waals surface area contributed by atoms with Crippen molar-refractivity contribution in [3.63, 3.8) is 0 Å². The number of fused-ring (bicyclic) bond motifs is 1. The van der Waals surface area contributed by atoms with Crippen LogP contribution in [0.4, 0.5) is 0 Å². The van der Waals surface area contributed by atoms with Crippen LogP contribution in [0.15, 0.2) is 35.6 Å². The number of carbonyl (C=O) groups is 1. The van der Waals surface area contributed by atoms with E-state index < -0.39 is 0 Å². The van der Waals surface area contributed by atoms with Gasteiger partial charge in [0.2, 0.25) is 5.91 Å². The van der Waals surface area contributed by atoms with Crippen molar-refractivity contribution in [3.05, 3.63) is 30.5 Å². The molecule has 5 rings (SSSR count). The molecule has 1 aliphatic carbocycles. The van der Waals surface area contributed by atoms with E-state index in [9.17, 15) is 4.79 Å². The van der Waals surface area contributed by atoms with Gasteiger partial charge in [0.05, 0.1) is 18.4 Å². The molecule has 1 N–H and O–H groups in total. The molecule has 2 fully saturated rings. The summed E-state index contributed by atoms with van der Waals surface area (Å²) in [6.07, 6.45) is 10.3. The number of para-hydroxylation sites is 1. The number of carbonyl (C=O) groups excluding carboxylic acids is 1. The minimum Gasteiger partial charge on any atom is -0.376 e. The summed E-state index contributed by atoms with van der Waals surface area (Å²) in [5, 5.41) is 11.0. The zero-order chi connectivity index (χ0) is 21.9. The first-order valence-electron chi connectivity index (χ1n) is 11.7. The van der Waals surface area contributed by atoms with E-state index in [1.54, 1.807) is 0 Å². The average Bonchev–Trinajstić information content (AvgIpc) is 3.58. The molecule has 170 valence electrons. The lowest BCUT2D eigenvalue weighted by Gasteiger charge is -2.31. The quantitative estimate of drug-likeness (QED) is 0.534. The highest BCUT2D eigenvalue weighted by Gasteiger charge is 2.25. The number of aromatic amines is 1. The van der Waals surface area contributed by atoms with E-state index in [1.165, 1.54) is 31.0 Å². The standard InChI is InChI=1S/C24H31N5O2S/c1-28(17-8-3-2-4-9-17)22(30)16-32-24-27-26-23(29(24)15-18-10-7-13-31-18)20-14-25-21-12-6-5-11-19(20)21/h5-6,11-12,14,17-18,25H,2-4,7-10,13,15-16H2,1H3/t18-/m1/s1. The minimum atomic E-state index is 0.162. The van der Waals surface area contributed by atoms with Gasteiger partial charge in [0, 0.05) is 42.4 Å². The fraction of sp³-hybridized carbons (Fsp3) is 0.542. The van der Waals surface area contributed by atoms with Crippen molar-refractivity contribution in [1.82, 2.24) is 24.6 Å². The lowest BCUT2D eigenvalue weighted by atomic mass is 9.94. The first-order valence-corrected chi connectivity index (χ1v) is 12.7. The molecule has 3 aromatic rings. The molecule has 1 saturated heterocycles. The Morgan fingerprint density at radius 3 is 2.84 bits per heavy atom. The van der Waals surface area contributed by atoms with Crippen LogP contribution in [-0.4, -0.2) is 62.1 Å². The monoisotopic (exact) mass is 453 g/mol. The average molecular weight is 454 g/mol. The molecular weight excluding hydrogens is 422 g/mol. The second-order valence-corrected chi connectivity index (χ2v) is 9.83. The first-order chi connectivity index (χ1) is 15.7. The second-order valence-electron chi connectivity index (χ2n) is 8.88. The Morgan fingerprint density at radius 2 is 2.03 bits per heavy atom. The summed E-state index contributed by atoms with van der Waals surface area (Å²) in [5.41, 5.74) is 2.11. The maximum atomic E-state index is 12.9. The Bertz CT molecular complexity index is 1070. The molecule has 0 bridgehead atoms. The van der Waals surface area contributed by atoms with Gasteiger partial charge in [-0.05, 0) is 31.7 Å². The Morgan fingerprint density at radius 1 is 1.19 bits per heavy atom. The van der Waals surface area contributed by atoms with Gasteiger partial charge in [-0.25, -0.2) is 0 Å². The number of benzene rings is 1. The molecule has 32 heavy (non-hydrogen) atoms. The second kappa shape index (κ2) is 9.67. The van der Waals surface area contributed by atoms with Crippen LogP contribution in [0.2, 0.25) is 0 Å². The third-order valence-corrected chi connectivity index (χ3v) is 7.75. The lowest BCUT2D eigenvalue weighted by Crippen LogP contribution is -2.39. The molecule has 0 spiro atoms. The largest absolute Gasteiger partial charge is 0.376 e. The van der Waals surface area contributed by atoms with E-state index >= 15 is 0 Å². The Hall–Kier alpha value is -2.32. The van der Waals surface area contributed by atoms with Gasteiger partial charge >= 0.3 is 0 Å². The fourth-order valence-electron chi connectivity index (χ4n) is 4.91. The number of thioether (sulfide) groups is 1. The highest BCUT2D eigenvalue weighted by molar-refractivity contribution is 7.99. The zero-order valence-electron chi connectivity index (χ0n) is 18.6. The van der Waals surface area contributed by atoms with Crippen LogP contribution in [0.25, 0.3) is 22.3 Å². The molecule has 1 saturated carbocycles. The number of amides is 1. The SMILES string of the molecule is CN(C(=O)CSc1nnc(-c2c[nH]c3ccccc23)n1C[C@H]1CCCO1)C1CCCCC1. The number of rotatable bonds is 7. The van der Waals surface area contributed by atoms with Crippen molar-refractivity contribution >= 4 is 28.6 Å². The first kappa shape index (κ1) is 21.5. The molecule has 8 heteroatoms. The summed E-state index contributed by atoms with van der Waals surface area (Å²) >= 11 is 1.49. The van der Waals surface area contributed by atoms with E-state index in [2.05, 4.69) is 31.9 Å². The van der Waals surface area contributed by atoms with Crippen molar-refractivity contribution < 1.29 is 9.53 Å². The molecule has 1 aliphatic heterocycles. The molecule has 1 atom stereocenters. The van der Waals surface area contributed by atoms with Crippen LogP contribution >= 0.6 is 11.8 Å². The Balaban J connectivity index is 1.37. The number of H-pyrrole nitrogens is 1. The van der Waals surface area contributed by atoms with Gasteiger partial charge in [-0.1, -0.05) is 49.2 Å². The van der Waals surface area contributed by atoms with E-state index in [0.717, 1.165) is 59.7 Å². The molecule has 0 radical (unpaired) electrons. The third kappa shape index (κ3) is 4.43. The van der Waals surface area contributed by atoms with Gasteiger partial charge in [-0.3, -0.25) is 9.36 Å². The summed E-state index contributed by atoms with van der Waals surface area (Å²) in [7, 11) is 1.95. The number of nitrogens with zero attached hydrogens (tertiary/aromatic N) is 4. The summed E-state index contributed by atoms with van der Waals surface area (Å²) in [5.74, 6) is 1.38. The summed E-state index contributed by atoms with van der Waals surface area (Å²) < 4.78 is 8.06. The molecule has 1 amide bonds. The van der Waals surface area contributed by atoms with Crippen LogP contribution in [0.1, 0.15) is 44.9 Å². The van der Waals surface area contributed by atoms with Gasteiger partial charge in [0.1, 0.15) is 0 Å². The summed E-state index contributed by atoms with van der Waals surface area (Å²) in [6.45, 7) is 1.51. The van der Waals surface area contributed by atoms with Crippen molar-refractivity contribution in [1.29, 1.82) is 0 Å². The number of aromatic nitrogens is 4. The molecule has 1 aromatic carbocycles. The van der Waals surface area contributed by atoms with Gasteiger partial charge in [-0.2, -0.15) is 0 Å².